The fraction of sp³-hybridized carbons (Fsp3) is 0.324. The Morgan fingerprint density at radius 1 is 0.911 bits per heavy atom. The van der Waals surface area contributed by atoms with Crippen molar-refractivity contribution in [2.24, 2.45) is 0 Å². The number of nitriles is 1. The molecule has 2 amide bonds. The van der Waals surface area contributed by atoms with Crippen LogP contribution in [-0.4, -0.2) is 67.5 Å². The van der Waals surface area contributed by atoms with Crippen LogP contribution in [0.15, 0.2) is 82.1 Å². The van der Waals surface area contributed by atoms with Crippen LogP contribution in [0.4, 0.5) is 4.39 Å². The number of nitrogens with zero attached hydrogens (tertiary/aromatic N) is 3. The maximum atomic E-state index is 13.3. The standard InChI is InChI=1S/C34H33FN4O5S/c35-27-6-8-29(9-7-27)45(42,43)30-13-17-39(18-14-30)34(41)25-5-10-31-26(19-25)20-32(44-31)33(40)37-28-11-15-38(16-12-28)22-24-3-1-23(21-36)2-4-24/h1-10,19-20,28,30H,11-18,22H2,(H,37,40). The van der Waals surface area contributed by atoms with Crippen LogP contribution in [0.2, 0.25) is 0 Å². The second-order valence-electron chi connectivity index (χ2n) is 11.7. The van der Waals surface area contributed by atoms with Crippen molar-refractivity contribution in [1.29, 1.82) is 5.26 Å². The Balaban J connectivity index is 1.02. The summed E-state index contributed by atoms with van der Waals surface area (Å²) < 4.78 is 45.1. The normalized spacial score (nSPS) is 16.8. The van der Waals surface area contributed by atoms with Gasteiger partial charge in [0.15, 0.2) is 15.6 Å². The number of furan rings is 1. The molecule has 0 unspecified atom stereocenters. The smallest absolute Gasteiger partial charge is 0.287 e. The van der Waals surface area contributed by atoms with Gasteiger partial charge in [-0.25, -0.2) is 12.8 Å². The van der Waals surface area contributed by atoms with E-state index in [0.29, 0.717) is 22.1 Å². The van der Waals surface area contributed by atoms with Gasteiger partial charge < -0.3 is 14.6 Å². The molecule has 2 aliphatic heterocycles. The van der Waals surface area contributed by atoms with Crippen LogP contribution in [0.25, 0.3) is 11.0 Å². The van der Waals surface area contributed by atoms with Crippen LogP contribution >= 0.6 is 0 Å². The van der Waals surface area contributed by atoms with Gasteiger partial charge in [0.2, 0.25) is 0 Å². The van der Waals surface area contributed by atoms with Gasteiger partial charge in [0, 0.05) is 49.7 Å². The van der Waals surface area contributed by atoms with E-state index in [-0.39, 0.29) is 54.4 Å². The van der Waals surface area contributed by atoms with Gasteiger partial charge in [0.25, 0.3) is 11.8 Å². The minimum Gasteiger partial charge on any atom is -0.451 e. The van der Waals surface area contributed by atoms with Crippen LogP contribution in [0.1, 0.15) is 57.7 Å². The quantitative estimate of drug-likeness (QED) is 0.288. The molecule has 2 fully saturated rings. The topological polar surface area (TPSA) is 124 Å². The first kappa shape index (κ1) is 30.5. The number of fused-ring (bicyclic) bond motifs is 1. The Hall–Kier alpha value is -4.53. The van der Waals surface area contributed by atoms with E-state index in [1.807, 2.05) is 24.3 Å². The van der Waals surface area contributed by atoms with E-state index >= 15 is 0 Å². The third kappa shape index (κ3) is 6.77. The molecule has 0 bridgehead atoms. The Labute approximate surface area is 261 Å². The minimum atomic E-state index is -3.62. The third-order valence-electron chi connectivity index (χ3n) is 8.71. The van der Waals surface area contributed by atoms with E-state index in [9.17, 15) is 22.4 Å². The Morgan fingerprint density at radius 3 is 2.27 bits per heavy atom. The molecular weight excluding hydrogens is 595 g/mol. The van der Waals surface area contributed by atoms with Gasteiger partial charge in [-0.1, -0.05) is 12.1 Å². The molecule has 1 aromatic heterocycles. The maximum Gasteiger partial charge on any atom is 0.287 e. The van der Waals surface area contributed by atoms with Gasteiger partial charge in [-0.3, -0.25) is 14.5 Å². The lowest BCUT2D eigenvalue weighted by atomic mass is 10.0. The van der Waals surface area contributed by atoms with E-state index < -0.39 is 20.9 Å². The summed E-state index contributed by atoms with van der Waals surface area (Å²) in [5, 5.41) is 12.1. The van der Waals surface area contributed by atoms with Crippen molar-refractivity contribution in [2.75, 3.05) is 26.2 Å². The van der Waals surface area contributed by atoms with Gasteiger partial charge in [0.05, 0.1) is 21.8 Å². The Morgan fingerprint density at radius 2 is 1.60 bits per heavy atom. The number of rotatable bonds is 7. The van der Waals surface area contributed by atoms with E-state index in [0.717, 1.165) is 50.2 Å². The predicted molar refractivity (Wildman–Crippen MR) is 166 cm³/mol. The third-order valence-corrected chi connectivity index (χ3v) is 11.0. The highest BCUT2D eigenvalue weighted by molar-refractivity contribution is 7.92. The molecule has 3 aromatic carbocycles. The van der Waals surface area contributed by atoms with Crippen molar-refractivity contribution < 1.29 is 26.8 Å². The fourth-order valence-electron chi connectivity index (χ4n) is 6.09. The average Bonchev–Trinajstić information content (AvgIpc) is 3.50. The molecule has 3 heterocycles. The molecular formula is C34H33FN4O5S. The van der Waals surface area contributed by atoms with E-state index in [2.05, 4.69) is 16.3 Å². The number of benzene rings is 3. The highest BCUT2D eigenvalue weighted by Gasteiger charge is 2.33. The van der Waals surface area contributed by atoms with Crippen molar-refractivity contribution in [3.05, 3.63) is 101 Å². The molecule has 4 aromatic rings. The Kier molecular flexibility index (Phi) is 8.70. The molecule has 0 spiro atoms. The van der Waals surface area contributed by atoms with Crippen molar-refractivity contribution >= 4 is 32.6 Å². The molecule has 45 heavy (non-hydrogen) atoms. The average molecular weight is 629 g/mol. The Bertz CT molecular complexity index is 1850. The number of carbonyl (C=O) groups excluding carboxylic acids is 2. The zero-order valence-corrected chi connectivity index (χ0v) is 25.4. The molecule has 0 aliphatic carbocycles. The number of amides is 2. The van der Waals surface area contributed by atoms with Gasteiger partial charge in [0.1, 0.15) is 11.4 Å². The van der Waals surface area contributed by atoms with E-state index in [4.69, 9.17) is 9.68 Å². The molecule has 0 atom stereocenters. The van der Waals surface area contributed by atoms with Crippen LogP contribution in [-0.2, 0) is 16.4 Å². The van der Waals surface area contributed by atoms with Crippen LogP contribution < -0.4 is 5.32 Å². The summed E-state index contributed by atoms with van der Waals surface area (Å²) in [7, 11) is -3.62. The molecule has 2 saturated heterocycles. The lowest BCUT2D eigenvalue weighted by Crippen LogP contribution is -2.44. The monoisotopic (exact) mass is 628 g/mol. The van der Waals surface area contributed by atoms with Crippen molar-refractivity contribution in [1.82, 2.24) is 15.1 Å². The number of halogens is 1. The van der Waals surface area contributed by atoms with Crippen molar-refractivity contribution in [3.63, 3.8) is 0 Å². The first-order valence-electron chi connectivity index (χ1n) is 15.0. The summed E-state index contributed by atoms with van der Waals surface area (Å²) in [5.74, 6) is -0.824. The summed E-state index contributed by atoms with van der Waals surface area (Å²) in [6, 6.07) is 21.2. The first-order valence-corrected chi connectivity index (χ1v) is 16.6. The van der Waals surface area contributed by atoms with E-state index in [1.54, 1.807) is 29.2 Å². The van der Waals surface area contributed by atoms with Crippen LogP contribution in [0, 0.1) is 17.1 Å². The highest BCUT2D eigenvalue weighted by Crippen LogP contribution is 2.27. The van der Waals surface area contributed by atoms with Crippen LogP contribution in [0.3, 0.4) is 0 Å². The van der Waals surface area contributed by atoms with Gasteiger partial charge in [-0.15, -0.1) is 0 Å². The van der Waals surface area contributed by atoms with Gasteiger partial charge in [-0.2, -0.15) is 5.26 Å². The molecule has 2 aliphatic rings. The number of hydrogen-bond acceptors (Lipinski definition) is 7. The largest absolute Gasteiger partial charge is 0.451 e. The zero-order chi connectivity index (χ0) is 31.6. The van der Waals surface area contributed by atoms with Crippen molar-refractivity contribution in [2.45, 2.75) is 48.4 Å². The van der Waals surface area contributed by atoms with Gasteiger partial charge in [-0.05, 0) is 91.9 Å². The summed E-state index contributed by atoms with van der Waals surface area (Å²) >= 11 is 0. The van der Waals surface area contributed by atoms with E-state index in [1.165, 1.54) is 12.1 Å². The lowest BCUT2D eigenvalue weighted by molar-refractivity contribution is 0.0725. The predicted octanol–water partition coefficient (Wildman–Crippen LogP) is 4.92. The second kappa shape index (κ2) is 12.8. The summed E-state index contributed by atoms with van der Waals surface area (Å²) in [6.45, 7) is 3.04. The SMILES string of the molecule is N#Cc1ccc(CN2CCC(NC(=O)c3cc4cc(C(=O)N5CCC(S(=O)(=O)c6ccc(F)cc6)CC5)ccc4o3)CC2)cc1. The van der Waals surface area contributed by atoms with Gasteiger partial charge >= 0.3 is 0 Å². The summed E-state index contributed by atoms with van der Waals surface area (Å²) in [5.41, 5.74) is 2.72. The highest BCUT2D eigenvalue weighted by atomic mass is 32.2. The van der Waals surface area contributed by atoms with Crippen LogP contribution in [0.5, 0.6) is 0 Å². The number of hydrogen-bond donors (Lipinski definition) is 1. The number of piperidine rings is 2. The molecule has 0 saturated carbocycles. The molecule has 232 valence electrons. The lowest BCUT2D eigenvalue weighted by Gasteiger charge is -2.32. The summed E-state index contributed by atoms with van der Waals surface area (Å²) in [4.78, 5) is 30.4. The number of likely N-dealkylation sites (tertiary alicyclic amines) is 2. The summed E-state index contributed by atoms with van der Waals surface area (Å²) in [6.07, 6.45) is 2.20. The molecule has 6 rings (SSSR count). The second-order valence-corrected chi connectivity index (χ2v) is 13.9. The van der Waals surface area contributed by atoms with Crippen molar-refractivity contribution in [3.8, 4) is 6.07 Å². The number of nitrogens with one attached hydrogen (secondary N) is 1. The molecule has 11 heteroatoms. The molecule has 1 N–H and O–H groups in total. The maximum absolute atomic E-state index is 13.3. The first-order chi connectivity index (χ1) is 21.7. The minimum absolute atomic E-state index is 0.0230. The number of sulfone groups is 1. The molecule has 0 radical (unpaired) electrons. The molecule has 9 nitrogen and oxygen atoms in total. The zero-order valence-electron chi connectivity index (χ0n) is 24.6. The number of carbonyl (C=O) groups is 2. The fourth-order valence-corrected chi connectivity index (χ4v) is 7.82.